The molecule has 0 spiro atoms. The van der Waals surface area contributed by atoms with E-state index in [4.69, 9.17) is 4.74 Å². The van der Waals surface area contributed by atoms with Crippen molar-refractivity contribution in [3.63, 3.8) is 0 Å². The molecule has 0 aliphatic carbocycles. The van der Waals surface area contributed by atoms with Gasteiger partial charge in [-0.15, -0.1) is 0 Å². The lowest BCUT2D eigenvalue weighted by atomic mass is 10.2. The molecule has 0 aliphatic rings. The maximum absolute atomic E-state index is 12.2. The van der Waals surface area contributed by atoms with E-state index in [2.05, 4.69) is 13.8 Å². The Bertz CT molecular complexity index is 223. The molecule has 19 heavy (non-hydrogen) atoms. The van der Waals surface area contributed by atoms with Gasteiger partial charge in [-0.3, -0.25) is 4.79 Å². The molecule has 0 atom stereocenters. The highest BCUT2D eigenvalue weighted by atomic mass is 16.5. The number of ether oxygens (including phenoxy) is 1. The lowest BCUT2D eigenvalue weighted by molar-refractivity contribution is -0.141. The van der Waals surface area contributed by atoms with Crippen LogP contribution in [0.3, 0.4) is 0 Å². The van der Waals surface area contributed by atoms with E-state index in [0.717, 1.165) is 25.9 Å². The van der Waals surface area contributed by atoms with Gasteiger partial charge in [0.25, 0.3) is 0 Å². The van der Waals surface area contributed by atoms with Crippen molar-refractivity contribution in [2.45, 2.75) is 78.7 Å². The lowest BCUT2D eigenvalue weighted by Crippen LogP contribution is -2.37. The van der Waals surface area contributed by atoms with Crippen LogP contribution in [0.4, 0.5) is 0 Å². The van der Waals surface area contributed by atoms with Crippen LogP contribution >= 0.6 is 0 Å². The molecule has 3 nitrogen and oxygen atoms in total. The van der Waals surface area contributed by atoms with Crippen molar-refractivity contribution in [1.82, 2.24) is 4.90 Å². The normalized spacial score (nSPS) is 11.6. The van der Waals surface area contributed by atoms with Gasteiger partial charge >= 0.3 is 0 Å². The largest absolute Gasteiger partial charge is 0.366 e. The van der Waals surface area contributed by atoms with Crippen LogP contribution in [0.2, 0.25) is 0 Å². The second-order valence-electron chi connectivity index (χ2n) is 6.20. The molecule has 0 unspecified atom stereocenters. The monoisotopic (exact) mass is 271 g/mol. The first-order valence-electron chi connectivity index (χ1n) is 7.82. The van der Waals surface area contributed by atoms with Crippen molar-refractivity contribution in [3.8, 4) is 0 Å². The summed E-state index contributed by atoms with van der Waals surface area (Å²) in [7, 11) is 0. The van der Waals surface area contributed by atoms with Crippen LogP contribution in [0.1, 0.15) is 73.1 Å². The first-order valence-corrected chi connectivity index (χ1v) is 7.82. The number of carbonyl (C=O) groups is 1. The smallest absolute Gasteiger partial charge is 0.248 e. The van der Waals surface area contributed by atoms with Crippen molar-refractivity contribution < 1.29 is 9.53 Å². The summed E-state index contributed by atoms with van der Waals surface area (Å²) >= 11 is 0. The minimum Gasteiger partial charge on any atom is -0.366 e. The van der Waals surface area contributed by atoms with Crippen LogP contribution in [0.5, 0.6) is 0 Å². The van der Waals surface area contributed by atoms with E-state index in [1.807, 2.05) is 25.7 Å². The van der Waals surface area contributed by atoms with Gasteiger partial charge in [-0.05, 0) is 33.6 Å². The fraction of sp³-hybridized carbons (Fsp3) is 0.938. The summed E-state index contributed by atoms with van der Waals surface area (Å²) in [6.07, 6.45) is 6.97. The Morgan fingerprint density at radius 1 is 0.947 bits per heavy atom. The van der Waals surface area contributed by atoms with Crippen LogP contribution in [-0.4, -0.2) is 36.1 Å². The maximum atomic E-state index is 12.2. The molecule has 3 heteroatoms. The highest BCUT2D eigenvalue weighted by molar-refractivity contribution is 5.77. The molecule has 0 bridgehead atoms. The average molecular weight is 271 g/mol. The molecule has 0 heterocycles. The molecular weight excluding hydrogens is 238 g/mol. The highest BCUT2D eigenvalue weighted by Crippen LogP contribution is 2.08. The third-order valence-corrected chi connectivity index (χ3v) is 3.04. The van der Waals surface area contributed by atoms with Gasteiger partial charge in [-0.25, -0.2) is 0 Å². The summed E-state index contributed by atoms with van der Waals surface area (Å²) in [4.78, 5) is 14.2. The molecule has 0 fully saturated rings. The number of hydrogen-bond donors (Lipinski definition) is 0. The number of amides is 1. The van der Waals surface area contributed by atoms with E-state index >= 15 is 0 Å². The summed E-state index contributed by atoms with van der Waals surface area (Å²) in [5.74, 6) is 0.141. The van der Waals surface area contributed by atoms with E-state index in [0.29, 0.717) is 0 Å². The number of hydrogen-bond acceptors (Lipinski definition) is 2. The van der Waals surface area contributed by atoms with Gasteiger partial charge in [0.2, 0.25) is 5.91 Å². The SMILES string of the molecule is CCCCCN(CCCCC)C(=O)COC(C)(C)C. The van der Waals surface area contributed by atoms with Gasteiger partial charge in [-0.2, -0.15) is 0 Å². The zero-order chi connectivity index (χ0) is 14.7. The van der Waals surface area contributed by atoms with E-state index in [9.17, 15) is 4.79 Å². The van der Waals surface area contributed by atoms with Crippen molar-refractivity contribution in [3.05, 3.63) is 0 Å². The first-order chi connectivity index (χ1) is 8.90. The van der Waals surface area contributed by atoms with Gasteiger partial charge in [0.1, 0.15) is 6.61 Å². The molecule has 0 saturated heterocycles. The molecule has 0 aliphatic heterocycles. The topological polar surface area (TPSA) is 29.5 Å². The predicted molar refractivity (Wildman–Crippen MR) is 81.3 cm³/mol. The Morgan fingerprint density at radius 2 is 1.42 bits per heavy atom. The number of nitrogens with zero attached hydrogens (tertiary/aromatic N) is 1. The molecule has 1 amide bonds. The number of rotatable bonds is 10. The van der Waals surface area contributed by atoms with Crippen LogP contribution in [-0.2, 0) is 9.53 Å². The molecular formula is C16H33NO2. The average Bonchev–Trinajstić information content (AvgIpc) is 2.33. The van der Waals surface area contributed by atoms with Crippen molar-refractivity contribution in [2.75, 3.05) is 19.7 Å². The molecule has 0 N–H and O–H groups in total. The molecule has 0 aromatic heterocycles. The van der Waals surface area contributed by atoms with Gasteiger partial charge < -0.3 is 9.64 Å². The maximum Gasteiger partial charge on any atom is 0.248 e. The Hall–Kier alpha value is -0.570. The van der Waals surface area contributed by atoms with Gasteiger partial charge in [0.05, 0.1) is 5.60 Å². The van der Waals surface area contributed by atoms with Crippen LogP contribution in [0.25, 0.3) is 0 Å². The molecule has 0 radical (unpaired) electrons. The second-order valence-corrected chi connectivity index (χ2v) is 6.20. The fourth-order valence-electron chi connectivity index (χ4n) is 1.84. The lowest BCUT2D eigenvalue weighted by Gasteiger charge is -2.25. The summed E-state index contributed by atoms with van der Waals surface area (Å²) in [5.41, 5.74) is -0.242. The molecule has 0 rings (SSSR count). The summed E-state index contributed by atoms with van der Waals surface area (Å²) in [6.45, 7) is 12.3. The first kappa shape index (κ1) is 18.4. The fourth-order valence-corrected chi connectivity index (χ4v) is 1.84. The Kier molecular flexibility index (Phi) is 9.94. The summed E-state index contributed by atoms with van der Waals surface area (Å²) in [6, 6.07) is 0. The standard InChI is InChI=1S/C16H33NO2/c1-6-8-10-12-17(13-11-9-7-2)15(18)14-19-16(3,4)5/h6-14H2,1-5H3. The zero-order valence-corrected chi connectivity index (χ0v) is 13.6. The van der Waals surface area contributed by atoms with E-state index in [1.54, 1.807) is 0 Å². The van der Waals surface area contributed by atoms with E-state index in [-0.39, 0.29) is 18.1 Å². The van der Waals surface area contributed by atoms with Crippen LogP contribution in [0.15, 0.2) is 0 Å². The predicted octanol–water partition coefficient (Wildman–Crippen LogP) is 4.01. The second kappa shape index (κ2) is 10.2. The summed E-state index contributed by atoms with van der Waals surface area (Å²) < 4.78 is 5.59. The van der Waals surface area contributed by atoms with E-state index < -0.39 is 0 Å². The Labute approximate surface area is 119 Å². The van der Waals surface area contributed by atoms with Gasteiger partial charge in [-0.1, -0.05) is 39.5 Å². The minimum atomic E-state index is -0.242. The highest BCUT2D eigenvalue weighted by Gasteiger charge is 2.17. The Balaban J connectivity index is 4.15. The minimum absolute atomic E-state index is 0.141. The van der Waals surface area contributed by atoms with Crippen LogP contribution in [0, 0.1) is 0 Å². The quantitative estimate of drug-likeness (QED) is 0.562. The molecule has 114 valence electrons. The van der Waals surface area contributed by atoms with Crippen molar-refractivity contribution in [1.29, 1.82) is 0 Å². The third-order valence-electron chi connectivity index (χ3n) is 3.04. The Morgan fingerprint density at radius 3 is 1.79 bits per heavy atom. The van der Waals surface area contributed by atoms with Crippen molar-refractivity contribution in [2.24, 2.45) is 0 Å². The van der Waals surface area contributed by atoms with E-state index in [1.165, 1.54) is 25.7 Å². The molecule has 0 aromatic rings. The van der Waals surface area contributed by atoms with Crippen LogP contribution < -0.4 is 0 Å². The molecule has 0 aromatic carbocycles. The van der Waals surface area contributed by atoms with Gasteiger partial charge in [0, 0.05) is 13.1 Å². The number of unbranched alkanes of at least 4 members (excludes halogenated alkanes) is 4. The number of carbonyl (C=O) groups excluding carboxylic acids is 1. The zero-order valence-electron chi connectivity index (χ0n) is 13.6. The third kappa shape index (κ3) is 11.0. The van der Waals surface area contributed by atoms with Crippen molar-refractivity contribution >= 4 is 5.91 Å². The molecule has 0 saturated carbocycles. The van der Waals surface area contributed by atoms with Gasteiger partial charge in [0.15, 0.2) is 0 Å². The summed E-state index contributed by atoms with van der Waals surface area (Å²) in [5, 5.41) is 0.